The first-order valence-electron chi connectivity index (χ1n) is 10.7. The maximum atomic E-state index is 5.86. The Morgan fingerprint density at radius 2 is 1.53 bits per heavy atom. The highest BCUT2D eigenvalue weighted by Gasteiger charge is 2.19. The molecule has 0 radical (unpaired) electrons. The van der Waals surface area contributed by atoms with Crippen molar-refractivity contribution in [1.29, 1.82) is 0 Å². The highest BCUT2D eigenvalue weighted by Crippen LogP contribution is 2.34. The largest absolute Gasteiger partial charge is 0.454 e. The van der Waals surface area contributed by atoms with Crippen LogP contribution in [0.5, 0.6) is 11.5 Å². The standard InChI is InChI=1S/C25H19N5O3S/c1-3-7-18(8-4-1)23-27-29-25(30(23)14-17-11-12-20-21(13-17)32-16-31-20)34-15-22-26-28-24(33-22)19-9-5-2-6-10-19/h1-13H,14-16H2. The van der Waals surface area contributed by atoms with Gasteiger partial charge in [0.1, 0.15) is 0 Å². The fourth-order valence-corrected chi connectivity index (χ4v) is 4.47. The van der Waals surface area contributed by atoms with E-state index in [4.69, 9.17) is 13.9 Å². The van der Waals surface area contributed by atoms with Gasteiger partial charge in [0, 0.05) is 11.1 Å². The molecule has 0 spiro atoms. The van der Waals surface area contributed by atoms with Crippen molar-refractivity contribution in [3.05, 3.63) is 90.3 Å². The van der Waals surface area contributed by atoms with Crippen LogP contribution >= 0.6 is 11.8 Å². The average molecular weight is 470 g/mol. The molecule has 0 fully saturated rings. The van der Waals surface area contributed by atoms with Gasteiger partial charge in [0.15, 0.2) is 22.5 Å². The minimum Gasteiger partial charge on any atom is -0.454 e. The number of rotatable bonds is 7. The van der Waals surface area contributed by atoms with Crippen LogP contribution < -0.4 is 9.47 Å². The van der Waals surface area contributed by atoms with Crippen molar-refractivity contribution in [2.24, 2.45) is 0 Å². The first kappa shape index (κ1) is 20.5. The first-order valence-corrected chi connectivity index (χ1v) is 11.7. The number of thioether (sulfide) groups is 1. The Morgan fingerprint density at radius 3 is 2.35 bits per heavy atom. The summed E-state index contributed by atoms with van der Waals surface area (Å²) in [7, 11) is 0. The molecule has 1 aliphatic heterocycles. The Labute approximate surface area is 199 Å². The van der Waals surface area contributed by atoms with E-state index in [0.29, 0.717) is 24.1 Å². The summed E-state index contributed by atoms with van der Waals surface area (Å²) in [4.78, 5) is 0. The summed E-state index contributed by atoms with van der Waals surface area (Å²) in [5, 5.41) is 18.1. The number of hydrogen-bond acceptors (Lipinski definition) is 8. The van der Waals surface area contributed by atoms with Crippen molar-refractivity contribution < 1.29 is 13.9 Å². The highest BCUT2D eigenvalue weighted by atomic mass is 32.2. The summed E-state index contributed by atoms with van der Waals surface area (Å²) in [5.74, 6) is 3.81. The molecule has 0 atom stereocenters. The lowest BCUT2D eigenvalue weighted by Crippen LogP contribution is -2.04. The lowest BCUT2D eigenvalue weighted by molar-refractivity contribution is 0.174. The van der Waals surface area contributed by atoms with Gasteiger partial charge in [-0.2, -0.15) is 0 Å². The molecule has 1 aliphatic rings. The summed E-state index contributed by atoms with van der Waals surface area (Å²) in [6, 6.07) is 25.7. The first-order chi connectivity index (χ1) is 16.8. The van der Waals surface area contributed by atoms with Gasteiger partial charge in [-0.1, -0.05) is 66.4 Å². The van der Waals surface area contributed by atoms with Crippen LogP contribution in [-0.4, -0.2) is 31.8 Å². The smallest absolute Gasteiger partial charge is 0.247 e. The van der Waals surface area contributed by atoms with E-state index in [2.05, 4.69) is 25.0 Å². The topological polar surface area (TPSA) is 88.1 Å². The lowest BCUT2D eigenvalue weighted by atomic mass is 10.2. The van der Waals surface area contributed by atoms with Crippen molar-refractivity contribution >= 4 is 11.8 Å². The number of fused-ring (bicyclic) bond motifs is 1. The third-order valence-corrected chi connectivity index (χ3v) is 6.29. The summed E-state index contributed by atoms with van der Waals surface area (Å²) >= 11 is 1.51. The van der Waals surface area contributed by atoms with Gasteiger partial charge in [0.05, 0.1) is 12.3 Å². The zero-order valence-corrected chi connectivity index (χ0v) is 18.8. The van der Waals surface area contributed by atoms with Crippen LogP contribution in [0.25, 0.3) is 22.8 Å². The molecule has 8 nitrogen and oxygen atoms in total. The van der Waals surface area contributed by atoms with Crippen molar-refractivity contribution in [3.63, 3.8) is 0 Å². The van der Waals surface area contributed by atoms with E-state index in [1.807, 2.05) is 78.9 Å². The van der Waals surface area contributed by atoms with Crippen LogP contribution in [0.3, 0.4) is 0 Å². The fourth-order valence-electron chi connectivity index (χ4n) is 3.70. The number of hydrogen-bond donors (Lipinski definition) is 0. The molecule has 0 saturated carbocycles. The van der Waals surface area contributed by atoms with E-state index in [-0.39, 0.29) is 6.79 Å². The molecular formula is C25H19N5O3S. The quantitative estimate of drug-likeness (QED) is 0.306. The number of benzene rings is 3. The monoisotopic (exact) mass is 469 g/mol. The summed E-state index contributed by atoms with van der Waals surface area (Å²) < 4.78 is 18.9. The van der Waals surface area contributed by atoms with Crippen LogP contribution in [0.15, 0.2) is 88.4 Å². The van der Waals surface area contributed by atoms with Crippen molar-refractivity contribution in [2.45, 2.75) is 17.5 Å². The molecular weight excluding hydrogens is 450 g/mol. The van der Waals surface area contributed by atoms with Crippen LogP contribution in [0.2, 0.25) is 0 Å². The van der Waals surface area contributed by atoms with Crippen LogP contribution in [-0.2, 0) is 12.3 Å². The average Bonchev–Trinajstić information content (AvgIpc) is 3.64. The summed E-state index contributed by atoms with van der Waals surface area (Å²) in [6.45, 7) is 0.826. The second-order valence-corrected chi connectivity index (χ2v) is 8.54. The van der Waals surface area contributed by atoms with Crippen LogP contribution in [0.4, 0.5) is 0 Å². The maximum absolute atomic E-state index is 5.86. The Morgan fingerprint density at radius 1 is 0.765 bits per heavy atom. The molecule has 0 N–H and O–H groups in total. The third kappa shape index (κ3) is 4.13. The van der Waals surface area contributed by atoms with E-state index in [9.17, 15) is 0 Å². The minimum absolute atomic E-state index is 0.247. The van der Waals surface area contributed by atoms with E-state index in [0.717, 1.165) is 39.2 Å². The molecule has 0 bridgehead atoms. The minimum atomic E-state index is 0.247. The zero-order valence-electron chi connectivity index (χ0n) is 18.0. The molecule has 0 unspecified atom stereocenters. The number of nitrogens with zero attached hydrogens (tertiary/aromatic N) is 5. The van der Waals surface area contributed by atoms with Gasteiger partial charge in [0.25, 0.3) is 0 Å². The van der Waals surface area contributed by atoms with E-state index < -0.39 is 0 Å². The molecule has 3 aromatic carbocycles. The third-order valence-electron chi connectivity index (χ3n) is 5.34. The summed E-state index contributed by atoms with van der Waals surface area (Å²) in [5.41, 5.74) is 2.95. The molecule has 168 valence electrons. The zero-order chi connectivity index (χ0) is 22.7. The van der Waals surface area contributed by atoms with Crippen molar-refractivity contribution in [3.8, 4) is 34.3 Å². The molecule has 3 heterocycles. The SMILES string of the molecule is c1ccc(-c2nnc(CSc3nnc(-c4ccccc4)n3Cc3ccc4c(c3)OCO4)o2)cc1. The second kappa shape index (κ2) is 9.03. The lowest BCUT2D eigenvalue weighted by Gasteiger charge is -2.11. The van der Waals surface area contributed by atoms with E-state index >= 15 is 0 Å². The van der Waals surface area contributed by atoms with Gasteiger partial charge in [-0.3, -0.25) is 4.57 Å². The van der Waals surface area contributed by atoms with Gasteiger partial charge in [-0.25, -0.2) is 0 Å². The van der Waals surface area contributed by atoms with Crippen LogP contribution in [0, 0.1) is 0 Å². The molecule has 2 aromatic heterocycles. The fraction of sp³-hybridized carbons (Fsp3) is 0.120. The highest BCUT2D eigenvalue weighted by molar-refractivity contribution is 7.98. The Hall–Kier alpha value is -4.11. The normalized spacial score (nSPS) is 12.2. The Bertz CT molecular complexity index is 1420. The molecule has 0 aliphatic carbocycles. The van der Waals surface area contributed by atoms with Gasteiger partial charge >= 0.3 is 0 Å². The second-order valence-electron chi connectivity index (χ2n) is 7.60. The Balaban J connectivity index is 1.27. The van der Waals surface area contributed by atoms with Gasteiger partial charge < -0.3 is 13.9 Å². The molecule has 6 rings (SSSR count). The van der Waals surface area contributed by atoms with Crippen LogP contribution in [0.1, 0.15) is 11.5 Å². The molecule has 5 aromatic rings. The van der Waals surface area contributed by atoms with E-state index in [1.54, 1.807) is 0 Å². The molecule has 0 amide bonds. The van der Waals surface area contributed by atoms with Crippen molar-refractivity contribution in [1.82, 2.24) is 25.0 Å². The van der Waals surface area contributed by atoms with E-state index in [1.165, 1.54) is 11.8 Å². The van der Waals surface area contributed by atoms with Gasteiger partial charge in [-0.15, -0.1) is 20.4 Å². The maximum Gasteiger partial charge on any atom is 0.247 e. The predicted molar refractivity (Wildman–Crippen MR) is 126 cm³/mol. The Kier molecular flexibility index (Phi) is 5.44. The van der Waals surface area contributed by atoms with Gasteiger partial charge in [-0.05, 0) is 29.8 Å². The number of ether oxygens (including phenoxy) is 2. The summed E-state index contributed by atoms with van der Waals surface area (Å²) in [6.07, 6.45) is 0. The molecule has 9 heteroatoms. The van der Waals surface area contributed by atoms with Crippen molar-refractivity contribution in [2.75, 3.05) is 6.79 Å². The molecule has 0 saturated heterocycles. The number of aromatic nitrogens is 5. The molecule has 34 heavy (non-hydrogen) atoms. The van der Waals surface area contributed by atoms with Gasteiger partial charge in [0.2, 0.25) is 18.6 Å². The predicted octanol–water partition coefficient (Wildman–Crippen LogP) is 5.06.